The van der Waals surface area contributed by atoms with Gasteiger partial charge >= 0.3 is 0 Å². The number of allylic oxidation sites excluding steroid dienone is 1. The van der Waals surface area contributed by atoms with E-state index in [1.54, 1.807) is 7.11 Å². The summed E-state index contributed by atoms with van der Waals surface area (Å²) in [4.78, 5) is 0. The smallest absolute Gasteiger partial charge is 0.161 e. The third kappa shape index (κ3) is 5.66. The van der Waals surface area contributed by atoms with Gasteiger partial charge in [0.1, 0.15) is 0 Å². The molecule has 0 aliphatic rings. The minimum Gasteiger partial charge on any atom is -0.493 e. The van der Waals surface area contributed by atoms with Crippen molar-refractivity contribution >= 4 is 0 Å². The van der Waals surface area contributed by atoms with Crippen molar-refractivity contribution < 1.29 is 9.47 Å². The molecule has 20 heavy (non-hydrogen) atoms. The van der Waals surface area contributed by atoms with Gasteiger partial charge in [-0.05, 0) is 50.4 Å². The molecular formula is C17H27NO2. The SMILES string of the molecule is C=CCc1ccc(OCCCN[C@@H](C)CC)c(OC)c1. The van der Waals surface area contributed by atoms with E-state index >= 15 is 0 Å². The van der Waals surface area contributed by atoms with E-state index < -0.39 is 0 Å². The normalized spacial score (nSPS) is 11.9. The first-order valence-electron chi connectivity index (χ1n) is 7.35. The van der Waals surface area contributed by atoms with Gasteiger partial charge in [-0.15, -0.1) is 6.58 Å². The van der Waals surface area contributed by atoms with Gasteiger partial charge in [0.15, 0.2) is 11.5 Å². The molecule has 0 saturated heterocycles. The second-order valence-electron chi connectivity index (χ2n) is 4.94. The summed E-state index contributed by atoms with van der Waals surface area (Å²) in [5, 5.41) is 3.45. The summed E-state index contributed by atoms with van der Waals surface area (Å²) in [5.74, 6) is 1.60. The molecule has 0 aliphatic heterocycles. The van der Waals surface area contributed by atoms with Crippen molar-refractivity contribution in [2.75, 3.05) is 20.3 Å². The van der Waals surface area contributed by atoms with E-state index in [1.807, 2.05) is 18.2 Å². The van der Waals surface area contributed by atoms with Crippen LogP contribution in [-0.4, -0.2) is 26.3 Å². The van der Waals surface area contributed by atoms with Gasteiger partial charge in [0.05, 0.1) is 13.7 Å². The lowest BCUT2D eigenvalue weighted by molar-refractivity contribution is 0.285. The molecule has 0 bridgehead atoms. The lowest BCUT2D eigenvalue weighted by atomic mass is 10.1. The van der Waals surface area contributed by atoms with E-state index in [4.69, 9.17) is 9.47 Å². The highest BCUT2D eigenvalue weighted by atomic mass is 16.5. The van der Waals surface area contributed by atoms with Crippen molar-refractivity contribution in [1.82, 2.24) is 5.32 Å². The molecule has 1 rings (SSSR count). The summed E-state index contributed by atoms with van der Waals surface area (Å²) >= 11 is 0. The van der Waals surface area contributed by atoms with Crippen LogP contribution in [0.4, 0.5) is 0 Å². The average Bonchev–Trinajstić information content (AvgIpc) is 2.47. The fourth-order valence-corrected chi connectivity index (χ4v) is 1.87. The summed E-state index contributed by atoms with van der Waals surface area (Å²) in [6.45, 7) is 9.80. The zero-order chi connectivity index (χ0) is 14.8. The number of hydrogen-bond acceptors (Lipinski definition) is 3. The number of ether oxygens (including phenoxy) is 2. The number of rotatable bonds is 10. The monoisotopic (exact) mass is 277 g/mol. The molecule has 3 heteroatoms. The Labute approximate surface area is 123 Å². The quantitative estimate of drug-likeness (QED) is 0.524. The van der Waals surface area contributed by atoms with Gasteiger partial charge in [-0.2, -0.15) is 0 Å². The Hall–Kier alpha value is -1.48. The van der Waals surface area contributed by atoms with Crippen LogP contribution in [0.3, 0.4) is 0 Å². The van der Waals surface area contributed by atoms with Crippen LogP contribution in [0.1, 0.15) is 32.3 Å². The van der Waals surface area contributed by atoms with Gasteiger partial charge in [-0.3, -0.25) is 0 Å². The molecule has 1 aromatic rings. The first-order valence-corrected chi connectivity index (χ1v) is 7.35. The number of benzene rings is 1. The van der Waals surface area contributed by atoms with Crippen LogP contribution in [-0.2, 0) is 6.42 Å². The Bertz CT molecular complexity index is 404. The standard InChI is InChI=1S/C17H27NO2/c1-5-8-15-9-10-16(17(13-15)19-4)20-12-7-11-18-14(3)6-2/h5,9-10,13-14,18H,1,6-8,11-12H2,2-4H3/t14-/m0/s1. The predicted octanol–water partition coefficient (Wildman–Crippen LogP) is 3.58. The van der Waals surface area contributed by atoms with Crippen molar-refractivity contribution in [3.63, 3.8) is 0 Å². The van der Waals surface area contributed by atoms with Crippen molar-refractivity contribution in [1.29, 1.82) is 0 Å². The van der Waals surface area contributed by atoms with E-state index in [0.29, 0.717) is 12.6 Å². The maximum Gasteiger partial charge on any atom is 0.161 e. The minimum atomic E-state index is 0.572. The summed E-state index contributed by atoms with van der Waals surface area (Å²) in [6.07, 6.45) is 4.87. The molecule has 1 aromatic carbocycles. The number of hydrogen-bond donors (Lipinski definition) is 1. The van der Waals surface area contributed by atoms with Gasteiger partial charge in [0, 0.05) is 6.04 Å². The summed E-state index contributed by atoms with van der Waals surface area (Å²) in [5.41, 5.74) is 1.18. The lowest BCUT2D eigenvalue weighted by Crippen LogP contribution is -2.27. The molecule has 0 heterocycles. The molecule has 1 atom stereocenters. The molecule has 112 valence electrons. The Morgan fingerprint density at radius 3 is 2.80 bits per heavy atom. The molecule has 0 unspecified atom stereocenters. The molecule has 0 amide bonds. The van der Waals surface area contributed by atoms with Gasteiger partial charge in [0.2, 0.25) is 0 Å². The highest BCUT2D eigenvalue weighted by Gasteiger charge is 2.05. The van der Waals surface area contributed by atoms with E-state index in [0.717, 1.165) is 37.3 Å². The number of methoxy groups -OCH3 is 1. The summed E-state index contributed by atoms with van der Waals surface area (Å²) in [7, 11) is 1.67. The molecule has 0 radical (unpaired) electrons. The van der Waals surface area contributed by atoms with Crippen LogP contribution in [0.2, 0.25) is 0 Å². The molecule has 0 spiro atoms. The van der Waals surface area contributed by atoms with Gasteiger partial charge < -0.3 is 14.8 Å². The Morgan fingerprint density at radius 1 is 1.35 bits per heavy atom. The van der Waals surface area contributed by atoms with Gasteiger partial charge in [0.25, 0.3) is 0 Å². The van der Waals surface area contributed by atoms with E-state index in [9.17, 15) is 0 Å². The van der Waals surface area contributed by atoms with Gasteiger partial charge in [-0.1, -0.05) is 19.1 Å². The third-order valence-electron chi connectivity index (χ3n) is 3.29. The lowest BCUT2D eigenvalue weighted by Gasteiger charge is -2.13. The Morgan fingerprint density at radius 2 is 2.15 bits per heavy atom. The third-order valence-corrected chi connectivity index (χ3v) is 3.29. The second kappa shape index (κ2) is 9.43. The Balaban J connectivity index is 2.41. The molecular weight excluding hydrogens is 250 g/mol. The highest BCUT2D eigenvalue weighted by Crippen LogP contribution is 2.28. The predicted molar refractivity (Wildman–Crippen MR) is 84.8 cm³/mol. The fourth-order valence-electron chi connectivity index (χ4n) is 1.87. The van der Waals surface area contributed by atoms with Crippen molar-refractivity contribution in [2.24, 2.45) is 0 Å². The van der Waals surface area contributed by atoms with Gasteiger partial charge in [-0.25, -0.2) is 0 Å². The molecule has 1 N–H and O–H groups in total. The first-order chi connectivity index (χ1) is 9.71. The molecule has 0 aromatic heterocycles. The van der Waals surface area contributed by atoms with Crippen LogP contribution >= 0.6 is 0 Å². The van der Waals surface area contributed by atoms with Crippen LogP contribution in [0.25, 0.3) is 0 Å². The Kier molecular flexibility index (Phi) is 7.81. The van der Waals surface area contributed by atoms with Crippen molar-refractivity contribution in [2.45, 2.75) is 39.2 Å². The molecule has 3 nitrogen and oxygen atoms in total. The van der Waals surface area contributed by atoms with Crippen molar-refractivity contribution in [3.05, 3.63) is 36.4 Å². The fraction of sp³-hybridized carbons (Fsp3) is 0.529. The second-order valence-corrected chi connectivity index (χ2v) is 4.94. The zero-order valence-electron chi connectivity index (χ0n) is 12.9. The molecule has 0 saturated carbocycles. The van der Waals surface area contributed by atoms with Crippen LogP contribution in [0.5, 0.6) is 11.5 Å². The van der Waals surface area contributed by atoms with Crippen LogP contribution < -0.4 is 14.8 Å². The number of nitrogens with one attached hydrogen (secondary N) is 1. The first kappa shape index (κ1) is 16.6. The summed E-state index contributed by atoms with van der Waals surface area (Å²) < 4.78 is 11.2. The van der Waals surface area contributed by atoms with E-state index in [1.165, 1.54) is 5.56 Å². The largest absolute Gasteiger partial charge is 0.493 e. The summed E-state index contributed by atoms with van der Waals surface area (Å²) in [6, 6.07) is 6.60. The molecule has 0 fully saturated rings. The minimum absolute atomic E-state index is 0.572. The van der Waals surface area contributed by atoms with Crippen LogP contribution in [0.15, 0.2) is 30.9 Å². The molecule has 0 aliphatic carbocycles. The van der Waals surface area contributed by atoms with Crippen molar-refractivity contribution in [3.8, 4) is 11.5 Å². The average molecular weight is 277 g/mol. The van der Waals surface area contributed by atoms with E-state index in [2.05, 4.69) is 31.8 Å². The van der Waals surface area contributed by atoms with E-state index in [-0.39, 0.29) is 0 Å². The zero-order valence-corrected chi connectivity index (χ0v) is 12.9. The maximum absolute atomic E-state index is 5.79. The maximum atomic E-state index is 5.79. The highest BCUT2D eigenvalue weighted by molar-refractivity contribution is 5.43. The topological polar surface area (TPSA) is 30.5 Å². The van der Waals surface area contributed by atoms with Crippen LogP contribution in [0, 0.1) is 0 Å².